The lowest BCUT2D eigenvalue weighted by Gasteiger charge is -2.31. The highest BCUT2D eigenvalue weighted by Gasteiger charge is 2.26. The van der Waals surface area contributed by atoms with Gasteiger partial charge in [-0.3, -0.25) is 9.78 Å². The fourth-order valence-corrected chi connectivity index (χ4v) is 2.94. The number of carbonyl (C=O) groups excluding carboxylic acids is 1. The van der Waals surface area contributed by atoms with Crippen LogP contribution in [-0.4, -0.2) is 40.0 Å². The summed E-state index contributed by atoms with van der Waals surface area (Å²) in [5.74, 6) is 0.855. The second-order valence-corrected chi connectivity index (χ2v) is 5.80. The topological polar surface area (TPSA) is 68.5 Å². The number of amides is 1. The van der Waals surface area contributed by atoms with Crippen molar-refractivity contribution >= 4 is 16.9 Å². The zero-order valence-electron chi connectivity index (χ0n) is 13.1. The molecule has 6 nitrogen and oxygen atoms in total. The molecule has 3 heterocycles. The number of benzene rings is 1. The summed E-state index contributed by atoms with van der Waals surface area (Å²) in [5, 5.41) is 0.946. The first-order valence-electron chi connectivity index (χ1n) is 8.00. The molecule has 1 amide bonds. The third-order valence-corrected chi connectivity index (χ3v) is 4.19. The minimum absolute atomic E-state index is 0.0569. The standard InChI is InChI=1S/C18H17N3O3/c22-18(16-11-13-3-1-2-4-15(13)24-16)21-9-5-14(6-10-21)23-17-12-19-7-8-20-17/h1-4,7-8,11-12,14H,5-6,9-10H2. The Morgan fingerprint density at radius 2 is 2.04 bits per heavy atom. The van der Waals surface area contributed by atoms with E-state index in [0.717, 1.165) is 23.8 Å². The third-order valence-electron chi connectivity index (χ3n) is 4.19. The summed E-state index contributed by atoms with van der Waals surface area (Å²) in [7, 11) is 0. The maximum absolute atomic E-state index is 12.6. The van der Waals surface area contributed by atoms with Gasteiger partial charge >= 0.3 is 0 Å². The Morgan fingerprint density at radius 3 is 2.79 bits per heavy atom. The zero-order chi connectivity index (χ0) is 16.4. The van der Waals surface area contributed by atoms with Crippen LogP contribution < -0.4 is 4.74 Å². The lowest BCUT2D eigenvalue weighted by Crippen LogP contribution is -2.41. The molecular weight excluding hydrogens is 306 g/mol. The van der Waals surface area contributed by atoms with Crippen LogP contribution >= 0.6 is 0 Å². The van der Waals surface area contributed by atoms with Crippen molar-refractivity contribution in [2.45, 2.75) is 18.9 Å². The van der Waals surface area contributed by atoms with Crippen molar-refractivity contribution in [3.8, 4) is 5.88 Å². The number of para-hydroxylation sites is 1. The first-order chi connectivity index (χ1) is 11.8. The molecule has 0 atom stereocenters. The lowest BCUT2D eigenvalue weighted by molar-refractivity contribution is 0.0561. The number of piperidine rings is 1. The largest absolute Gasteiger partial charge is 0.473 e. The van der Waals surface area contributed by atoms with Crippen molar-refractivity contribution in [1.29, 1.82) is 0 Å². The quantitative estimate of drug-likeness (QED) is 0.741. The Kier molecular flexibility index (Phi) is 3.86. The second-order valence-electron chi connectivity index (χ2n) is 5.80. The van der Waals surface area contributed by atoms with E-state index in [1.54, 1.807) is 24.7 Å². The first-order valence-corrected chi connectivity index (χ1v) is 8.00. The molecule has 1 aliphatic rings. The molecule has 1 aliphatic heterocycles. The molecule has 0 spiro atoms. The Labute approximate surface area is 139 Å². The fourth-order valence-electron chi connectivity index (χ4n) is 2.94. The number of carbonyl (C=O) groups is 1. The van der Waals surface area contributed by atoms with Crippen LogP contribution in [0.3, 0.4) is 0 Å². The predicted molar refractivity (Wildman–Crippen MR) is 87.8 cm³/mol. The van der Waals surface area contributed by atoms with E-state index in [1.807, 2.05) is 29.2 Å². The van der Waals surface area contributed by atoms with Crippen LogP contribution in [0.2, 0.25) is 0 Å². The summed E-state index contributed by atoms with van der Waals surface area (Å²) in [6.45, 7) is 1.28. The summed E-state index contributed by atoms with van der Waals surface area (Å²) >= 11 is 0. The number of fused-ring (bicyclic) bond motifs is 1. The number of nitrogens with zero attached hydrogens (tertiary/aromatic N) is 3. The Morgan fingerprint density at radius 1 is 1.21 bits per heavy atom. The molecule has 0 radical (unpaired) electrons. The van der Waals surface area contributed by atoms with Crippen molar-refractivity contribution in [3.05, 3.63) is 54.7 Å². The highest BCUT2D eigenvalue weighted by molar-refractivity contribution is 5.96. The van der Waals surface area contributed by atoms with Crippen LogP contribution in [0.4, 0.5) is 0 Å². The summed E-state index contributed by atoms with van der Waals surface area (Å²) in [6.07, 6.45) is 6.41. The van der Waals surface area contributed by atoms with E-state index in [0.29, 0.717) is 24.7 Å². The highest BCUT2D eigenvalue weighted by Crippen LogP contribution is 2.22. The Bertz CT molecular complexity index is 806. The Hall–Kier alpha value is -2.89. The van der Waals surface area contributed by atoms with Crippen LogP contribution in [0.25, 0.3) is 11.0 Å². The molecule has 122 valence electrons. The van der Waals surface area contributed by atoms with Crippen LogP contribution in [0.1, 0.15) is 23.4 Å². The van der Waals surface area contributed by atoms with E-state index in [-0.39, 0.29) is 12.0 Å². The van der Waals surface area contributed by atoms with Crippen molar-refractivity contribution in [1.82, 2.24) is 14.9 Å². The lowest BCUT2D eigenvalue weighted by atomic mass is 10.1. The summed E-state index contributed by atoms with van der Waals surface area (Å²) in [5.41, 5.74) is 0.738. The molecule has 2 aromatic heterocycles. The van der Waals surface area contributed by atoms with Crippen molar-refractivity contribution < 1.29 is 13.9 Å². The van der Waals surface area contributed by atoms with Crippen LogP contribution in [0.5, 0.6) is 5.88 Å². The summed E-state index contributed by atoms with van der Waals surface area (Å²) in [6, 6.07) is 9.44. The highest BCUT2D eigenvalue weighted by atomic mass is 16.5. The van der Waals surface area contributed by atoms with Crippen molar-refractivity contribution in [2.24, 2.45) is 0 Å². The number of rotatable bonds is 3. The van der Waals surface area contributed by atoms with Gasteiger partial charge in [0.1, 0.15) is 11.7 Å². The minimum atomic E-state index is -0.0656. The third kappa shape index (κ3) is 2.95. The van der Waals surface area contributed by atoms with Crippen LogP contribution in [-0.2, 0) is 0 Å². The van der Waals surface area contributed by atoms with Gasteiger partial charge in [0.2, 0.25) is 5.88 Å². The van der Waals surface area contributed by atoms with E-state index in [1.165, 1.54) is 0 Å². The van der Waals surface area contributed by atoms with Gasteiger partial charge in [0.05, 0.1) is 6.20 Å². The summed E-state index contributed by atoms with van der Waals surface area (Å²) < 4.78 is 11.5. The molecule has 0 aliphatic carbocycles. The number of likely N-dealkylation sites (tertiary alicyclic amines) is 1. The molecule has 3 aromatic rings. The van der Waals surface area contributed by atoms with E-state index >= 15 is 0 Å². The number of aromatic nitrogens is 2. The van der Waals surface area contributed by atoms with Gasteiger partial charge in [-0.05, 0) is 12.1 Å². The monoisotopic (exact) mass is 323 g/mol. The molecule has 1 fully saturated rings. The molecule has 0 bridgehead atoms. The predicted octanol–water partition coefficient (Wildman–Crippen LogP) is 2.91. The number of furan rings is 1. The van der Waals surface area contributed by atoms with E-state index in [2.05, 4.69) is 9.97 Å². The molecule has 0 saturated carbocycles. The smallest absolute Gasteiger partial charge is 0.289 e. The SMILES string of the molecule is O=C(c1cc2ccccc2o1)N1CCC(Oc2cnccn2)CC1. The Balaban J connectivity index is 1.39. The van der Waals surface area contributed by atoms with Crippen molar-refractivity contribution in [3.63, 3.8) is 0 Å². The van der Waals surface area contributed by atoms with Gasteiger partial charge < -0.3 is 14.1 Å². The van der Waals surface area contributed by atoms with E-state index in [4.69, 9.17) is 9.15 Å². The fraction of sp³-hybridized carbons (Fsp3) is 0.278. The zero-order valence-corrected chi connectivity index (χ0v) is 13.1. The van der Waals surface area contributed by atoms with Gasteiger partial charge in [0, 0.05) is 43.7 Å². The van der Waals surface area contributed by atoms with Gasteiger partial charge in [-0.15, -0.1) is 0 Å². The van der Waals surface area contributed by atoms with E-state index in [9.17, 15) is 4.79 Å². The summed E-state index contributed by atoms with van der Waals surface area (Å²) in [4.78, 5) is 22.5. The molecule has 6 heteroatoms. The van der Waals surface area contributed by atoms with Gasteiger partial charge in [0.15, 0.2) is 5.76 Å². The molecular formula is C18H17N3O3. The number of hydrogen-bond acceptors (Lipinski definition) is 5. The average Bonchev–Trinajstić information content (AvgIpc) is 3.07. The molecule has 1 saturated heterocycles. The maximum atomic E-state index is 12.6. The van der Waals surface area contributed by atoms with Crippen LogP contribution in [0, 0.1) is 0 Å². The normalized spacial score (nSPS) is 15.6. The minimum Gasteiger partial charge on any atom is -0.473 e. The number of hydrogen-bond donors (Lipinski definition) is 0. The van der Waals surface area contributed by atoms with Gasteiger partial charge in [-0.1, -0.05) is 18.2 Å². The first kappa shape index (κ1) is 14.7. The van der Waals surface area contributed by atoms with Crippen LogP contribution in [0.15, 0.2) is 53.3 Å². The number of ether oxygens (including phenoxy) is 1. The molecule has 0 N–H and O–H groups in total. The molecule has 24 heavy (non-hydrogen) atoms. The van der Waals surface area contributed by atoms with Gasteiger partial charge in [-0.25, -0.2) is 4.98 Å². The molecule has 0 unspecified atom stereocenters. The molecule has 4 rings (SSSR count). The van der Waals surface area contributed by atoms with E-state index < -0.39 is 0 Å². The second kappa shape index (κ2) is 6.31. The maximum Gasteiger partial charge on any atom is 0.289 e. The van der Waals surface area contributed by atoms with Crippen molar-refractivity contribution in [2.75, 3.05) is 13.1 Å². The molecule has 1 aromatic carbocycles. The van der Waals surface area contributed by atoms with Gasteiger partial charge in [0.25, 0.3) is 5.91 Å². The average molecular weight is 323 g/mol. The van der Waals surface area contributed by atoms with Gasteiger partial charge in [-0.2, -0.15) is 0 Å².